The highest BCUT2D eigenvalue weighted by atomic mass is 19.1. The van der Waals surface area contributed by atoms with E-state index in [1.54, 1.807) is 30.5 Å². The molecule has 0 bridgehead atoms. The molecular formula is C18H20FN3O. The van der Waals surface area contributed by atoms with Crippen molar-refractivity contribution < 1.29 is 9.18 Å². The van der Waals surface area contributed by atoms with Crippen LogP contribution in [0.15, 0.2) is 42.6 Å². The molecule has 0 saturated carbocycles. The first-order chi connectivity index (χ1) is 11.2. The summed E-state index contributed by atoms with van der Waals surface area (Å²) in [4.78, 5) is 19.2. The lowest BCUT2D eigenvalue weighted by molar-refractivity contribution is 0.102. The predicted octanol–water partition coefficient (Wildman–Crippen LogP) is 3.85. The van der Waals surface area contributed by atoms with Crippen LogP contribution in [0.3, 0.4) is 0 Å². The van der Waals surface area contributed by atoms with Crippen LogP contribution in [0.5, 0.6) is 0 Å². The van der Waals surface area contributed by atoms with Crippen LogP contribution in [0.4, 0.5) is 15.9 Å². The van der Waals surface area contributed by atoms with Gasteiger partial charge in [0.1, 0.15) is 11.6 Å². The van der Waals surface area contributed by atoms with Crippen molar-refractivity contribution in [1.82, 2.24) is 4.98 Å². The highest BCUT2D eigenvalue weighted by molar-refractivity contribution is 6.07. The van der Waals surface area contributed by atoms with Gasteiger partial charge in [0.25, 0.3) is 5.91 Å². The molecule has 2 aromatic rings. The van der Waals surface area contributed by atoms with E-state index in [1.807, 2.05) is 0 Å². The summed E-state index contributed by atoms with van der Waals surface area (Å²) in [7, 11) is 0. The average Bonchev–Trinajstić information content (AvgIpc) is 2.84. The van der Waals surface area contributed by atoms with Crippen LogP contribution in [0.25, 0.3) is 0 Å². The molecule has 1 N–H and O–H groups in total. The van der Waals surface area contributed by atoms with Crippen molar-refractivity contribution in [2.45, 2.75) is 25.7 Å². The van der Waals surface area contributed by atoms with Crippen LogP contribution in [-0.4, -0.2) is 24.0 Å². The SMILES string of the molecule is O=C(Nc1cccc(F)c1)c1cccnc1N1CCCCCC1. The third kappa shape index (κ3) is 3.86. The lowest BCUT2D eigenvalue weighted by Crippen LogP contribution is -2.28. The molecule has 1 aliphatic rings. The molecule has 0 aliphatic carbocycles. The molecule has 1 fully saturated rings. The Bertz CT molecular complexity index is 681. The number of aromatic nitrogens is 1. The zero-order chi connectivity index (χ0) is 16.1. The van der Waals surface area contributed by atoms with Crippen molar-refractivity contribution in [3.05, 3.63) is 54.0 Å². The third-order valence-corrected chi connectivity index (χ3v) is 4.02. The molecule has 4 nitrogen and oxygen atoms in total. The van der Waals surface area contributed by atoms with Crippen molar-refractivity contribution >= 4 is 17.4 Å². The summed E-state index contributed by atoms with van der Waals surface area (Å²) < 4.78 is 13.3. The molecule has 0 unspecified atom stereocenters. The summed E-state index contributed by atoms with van der Waals surface area (Å²) in [5.74, 6) is 0.0768. The van der Waals surface area contributed by atoms with Crippen molar-refractivity contribution in [1.29, 1.82) is 0 Å². The van der Waals surface area contributed by atoms with E-state index in [2.05, 4.69) is 15.2 Å². The zero-order valence-corrected chi connectivity index (χ0v) is 13.0. The lowest BCUT2D eigenvalue weighted by atomic mass is 10.2. The summed E-state index contributed by atoms with van der Waals surface area (Å²) >= 11 is 0. The number of benzene rings is 1. The minimum Gasteiger partial charge on any atom is -0.356 e. The number of rotatable bonds is 3. The van der Waals surface area contributed by atoms with Crippen LogP contribution in [-0.2, 0) is 0 Å². The number of amides is 1. The Labute approximate surface area is 135 Å². The Hall–Kier alpha value is -2.43. The minimum atomic E-state index is -0.373. The molecule has 0 spiro atoms. The van der Waals surface area contributed by atoms with E-state index < -0.39 is 0 Å². The molecule has 0 atom stereocenters. The molecule has 5 heteroatoms. The Kier molecular flexibility index (Phi) is 4.86. The second-order valence-electron chi connectivity index (χ2n) is 5.74. The molecular weight excluding hydrogens is 293 g/mol. The van der Waals surface area contributed by atoms with Gasteiger partial charge in [-0.05, 0) is 43.2 Å². The molecule has 120 valence electrons. The third-order valence-electron chi connectivity index (χ3n) is 4.02. The summed E-state index contributed by atoms with van der Waals surface area (Å²) in [5.41, 5.74) is 0.972. The summed E-state index contributed by atoms with van der Waals surface area (Å²) in [6.07, 6.45) is 6.37. The second kappa shape index (κ2) is 7.22. The molecule has 2 heterocycles. The van der Waals surface area contributed by atoms with E-state index >= 15 is 0 Å². The number of nitrogens with zero attached hydrogens (tertiary/aromatic N) is 2. The summed E-state index contributed by atoms with van der Waals surface area (Å²) in [5, 5.41) is 2.75. The van der Waals surface area contributed by atoms with Crippen LogP contribution >= 0.6 is 0 Å². The van der Waals surface area contributed by atoms with Gasteiger partial charge in [-0.25, -0.2) is 9.37 Å². The van der Waals surface area contributed by atoms with Gasteiger partial charge in [0.05, 0.1) is 5.56 Å². The number of hydrogen-bond acceptors (Lipinski definition) is 3. The number of pyridine rings is 1. The molecule has 1 aromatic heterocycles. The Morgan fingerprint density at radius 1 is 1.09 bits per heavy atom. The van der Waals surface area contributed by atoms with E-state index in [4.69, 9.17) is 0 Å². The minimum absolute atomic E-state index is 0.261. The second-order valence-corrected chi connectivity index (χ2v) is 5.74. The molecule has 1 saturated heterocycles. The number of hydrogen-bond donors (Lipinski definition) is 1. The number of carbonyl (C=O) groups is 1. The quantitative estimate of drug-likeness (QED) is 0.936. The van der Waals surface area contributed by atoms with E-state index in [9.17, 15) is 9.18 Å². The summed E-state index contributed by atoms with van der Waals surface area (Å²) in [6, 6.07) is 9.42. The van der Waals surface area contributed by atoms with E-state index in [-0.39, 0.29) is 11.7 Å². The van der Waals surface area contributed by atoms with Gasteiger partial charge in [-0.2, -0.15) is 0 Å². The number of anilines is 2. The van der Waals surface area contributed by atoms with Crippen molar-refractivity contribution in [3.8, 4) is 0 Å². The molecule has 3 rings (SSSR count). The molecule has 1 aliphatic heterocycles. The van der Waals surface area contributed by atoms with E-state index in [0.29, 0.717) is 17.1 Å². The number of carbonyl (C=O) groups excluding carboxylic acids is 1. The normalized spacial score (nSPS) is 15.1. The lowest BCUT2D eigenvalue weighted by Gasteiger charge is -2.23. The van der Waals surface area contributed by atoms with Gasteiger partial charge in [0.15, 0.2) is 0 Å². The fourth-order valence-corrected chi connectivity index (χ4v) is 2.87. The van der Waals surface area contributed by atoms with Gasteiger partial charge in [-0.3, -0.25) is 4.79 Å². The topological polar surface area (TPSA) is 45.2 Å². The van der Waals surface area contributed by atoms with Gasteiger partial charge < -0.3 is 10.2 Å². The first kappa shape index (κ1) is 15.5. The largest absolute Gasteiger partial charge is 0.356 e. The van der Waals surface area contributed by atoms with Crippen LogP contribution < -0.4 is 10.2 Å². The van der Waals surface area contributed by atoms with Gasteiger partial charge in [0.2, 0.25) is 0 Å². The smallest absolute Gasteiger partial charge is 0.259 e. The zero-order valence-electron chi connectivity index (χ0n) is 13.0. The van der Waals surface area contributed by atoms with Crippen molar-refractivity contribution in [2.75, 3.05) is 23.3 Å². The maximum atomic E-state index is 13.3. The fraction of sp³-hybridized carbons (Fsp3) is 0.333. The van der Waals surface area contributed by atoms with Crippen LogP contribution in [0.2, 0.25) is 0 Å². The first-order valence-electron chi connectivity index (χ1n) is 8.01. The molecule has 1 aromatic carbocycles. The Morgan fingerprint density at radius 2 is 1.87 bits per heavy atom. The highest BCUT2D eigenvalue weighted by Gasteiger charge is 2.19. The van der Waals surface area contributed by atoms with Crippen molar-refractivity contribution in [2.24, 2.45) is 0 Å². The molecule has 0 radical (unpaired) electrons. The highest BCUT2D eigenvalue weighted by Crippen LogP contribution is 2.22. The van der Waals surface area contributed by atoms with Gasteiger partial charge in [0, 0.05) is 25.0 Å². The number of halogens is 1. The molecule has 1 amide bonds. The number of nitrogens with one attached hydrogen (secondary N) is 1. The maximum absolute atomic E-state index is 13.3. The van der Waals surface area contributed by atoms with Gasteiger partial charge >= 0.3 is 0 Å². The first-order valence-corrected chi connectivity index (χ1v) is 8.01. The van der Waals surface area contributed by atoms with Crippen LogP contribution in [0.1, 0.15) is 36.0 Å². The summed E-state index contributed by atoms with van der Waals surface area (Å²) in [6.45, 7) is 1.83. The maximum Gasteiger partial charge on any atom is 0.259 e. The van der Waals surface area contributed by atoms with Gasteiger partial charge in [-0.1, -0.05) is 18.9 Å². The average molecular weight is 313 g/mol. The standard InChI is InChI=1S/C18H20FN3O/c19-14-7-5-8-15(13-14)21-18(23)16-9-6-10-20-17(16)22-11-3-1-2-4-12-22/h5-10,13H,1-4,11-12H2,(H,21,23). The Morgan fingerprint density at radius 3 is 2.61 bits per heavy atom. The van der Waals surface area contributed by atoms with Crippen LogP contribution in [0, 0.1) is 5.82 Å². The predicted molar refractivity (Wildman–Crippen MR) is 89.3 cm³/mol. The molecule has 23 heavy (non-hydrogen) atoms. The van der Waals surface area contributed by atoms with Crippen molar-refractivity contribution in [3.63, 3.8) is 0 Å². The monoisotopic (exact) mass is 313 g/mol. The van der Waals surface area contributed by atoms with Gasteiger partial charge in [-0.15, -0.1) is 0 Å². The van der Waals surface area contributed by atoms with E-state index in [0.717, 1.165) is 25.9 Å². The fourth-order valence-electron chi connectivity index (χ4n) is 2.87. The van der Waals surface area contributed by atoms with E-state index in [1.165, 1.54) is 25.0 Å². The Balaban J connectivity index is 1.82.